The van der Waals surface area contributed by atoms with E-state index in [1.54, 1.807) is 0 Å². The van der Waals surface area contributed by atoms with Crippen molar-refractivity contribution in [1.82, 2.24) is 0 Å². The summed E-state index contributed by atoms with van der Waals surface area (Å²) in [6.45, 7) is -0.602. The van der Waals surface area contributed by atoms with Crippen molar-refractivity contribution in [2.45, 2.75) is 0 Å². The summed E-state index contributed by atoms with van der Waals surface area (Å²) in [6, 6.07) is 7.96. The fourth-order valence-electron chi connectivity index (χ4n) is 1.79. The van der Waals surface area contributed by atoms with Gasteiger partial charge in [0.1, 0.15) is 11.6 Å². The second-order valence-corrected chi connectivity index (χ2v) is 5.66. The molecule has 0 aromatic heterocycles. The van der Waals surface area contributed by atoms with Gasteiger partial charge in [-0.25, -0.2) is 9.18 Å². The number of ether oxygens (including phenoxy) is 1. The zero-order chi connectivity index (χ0) is 16.3. The summed E-state index contributed by atoms with van der Waals surface area (Å²) in [7, 11) is 0. The summed E-state index contributed by atoms with van der Waals surface area (Å²) in [4.78, 5) is 23.1. The van der Waals surface area contributed by atoms with Crippen molar-refractivity contribution in [2.24, 2.45) is 0 Å². The quantitative estimate of drug-likeness (QED) is 0.790. The Kier molecular flexibility index (Phi) is 5.15. The smallest absolute Gasteiger partial charge is 0.341 e. The van der Waals surface area contributed by atoms with E-state index in [0.29, 0.717) is 4.47 Å². The SMILES string of the molecule is O=C(O)COc1ccc(Cl)cc1C(=O)c1cc(F)cc(Br)c1. The third-order valence-electron chi connectivity index (χ3n) is 2.66. The number of benzene rings is 2. The van der Waals surface area contributed by atoms with Crippen LogP contribution < -0.4 is 4.74 Å². The summed E-state index contributed by atoms with van der Waals surface area (Å²) in [6.07, 6.45) is 0. The first kappa shape index (κ1) is 16.5. The number of hydrogen-bond donors (Lipinski definition) is 1. The predicted molar refractivity (Wildman–Crippen MR) is 82.1 cm³/mol. The number of aliphatic carboxylic acids is 1. The van der Waals surface area contributed by atoms with Gasteiger partial charge in [0.15, 0.2) is 12.4 Å². The van der Waals surface area contributed by atoms with Gasteiger partial charge < -0.3 is 9.84 Å². The van der Waals surface area contributed by atoms with Gasteiger partial charge in [0.2, 0.25) is 0 Å². The maximum atomic E-state index is 13.4. The van der Waals surface area contributed by atoms with Crippen LogP contribution in [-0.4, -0.2) is 23.5 Å². The standard InChI is InChI=1S/C15H9BrClFO4/c16-9-3-8(4-11(18)5-9)15(21)12-6-10(17)1-2-13(12)22-7-14(19)20/h1-6H,7H2,(H,19,20). The van der Waals surface area contributed by atoms with Crippen LogP contribution in [0.25, 0.3) is 0 Å². The lowest BCUT2D eigenvalue weighted by Crippen LogP contribution is -2.12. The van der Waals surface area contributed by atoms with Crippen LogP contribution in [0.2, 0.25) is 5.02 Å². The van der Waals surface area contributed by atoms with Crippen molar-refractivity contribution in [3.63, 3.8) is 0 Å². The molecule has 0 atom stereocenters. The minimum Gasteiger partial charge on any atom is -0.481 e. The maximum Gasteiger partial charge on any atom is 0.341 e. The Labute approximate surface area is 138 Å². The van der Waals surface area contributed by atoms with E-state index in [2.05, 4.69) is 15.9 Å². The van der Waals surface area contributed by atoms with E-state index < -0.39 is 24.2 Å². The number of carboxylic acids is 1. The van der Waals surface area contributed by atoms with Crippen molar-refractivity contribution < 1.29 is 23.8 Å². The van der Waals surface area contributed by atoms with Crippen molar-refractivity contribution in [3.8, 4) is 5.75 Å². The van der Waals surface area contributed by atoms with Crippen molar-refractivity contribution in [3.05, 3.63) is 62.8 Å². The molecular formula is C15H9BrClFO4. The molecule has 1 N–H and O–H groups in total. The molecule has 0 aliphatic heterocycles. The van der Waals surface area contributed by atoms with Crippen LogP contribution in [-0.2, 0) is 4.79 Å². The van der Waals surface area contributed by atoms with Gasteiger partial charge in [0, 0.05) is 15.1 Å². The molecule has 0 fully saturated rings. The lowest BCUT2D eigenvalue weighted by molar-refractivity contribution is -0.139. The van der Waals surface area contributed by atoms with Gasteiger partial charge in [-0.15, -0.1) is 0 Å². The number of rotatable bonds is 5. The summed E-state index contributed by atoms with van der Waals surface area (Å²) in [5.74, 6) is -2.21. The Bertz CT molecular complexity index is 728. The van der Waals surface area contributed by atoms with Gasteiger partial charge in [0.05, 0.1) is 5.56 Å². The molecule has 22 heavy (non-hydrogen) atoms. The third-order valence-corrected chi connectivity index (χ3v) is 3.36. The van der Waals surface area contributed by atoms with Gasteiger partial charge in [-0.2, -0.15) is 0 Å². The van der Waals surface area contributed by atoms with E-state index in [1.807, 2.05) is 0 Å². The molecule has 0 bridgehead atoms. The van der Waals surface area contributed by atoms with Crippen molar-refractivity contribution in [2.75, 3.05) is 6.61 Å². The van der Waals surface area contributed by atoms with E-state index in [-0.39, 0.29) is 21.9 Å². The number of hydrogen-bond acceptors (Lipinski definition) is 3. The molecule has 0 spiro atoms. The first-order valence-corrected chi connectivity index (χ1v) is 7.19. The molecule has 2 rings (SSSR count). The molecule has 0 aliphatic carbocycles. The molecule has 2 aromatic rings. The van der Waals surface area contributed by atoms with Gasteiger partial charge in [0.25, 0.3) is 0 Å². The van der Waals surface area contributed by atoms with Crippen LogP contribution in [0.5, 0.6) is 5.75 Å². The summed E-state index contributed by atoms with van der Waals surface area (Å²) < 4.78 is 18.9. The zero-order valence-electron chi connectivity index (χ0n) is 11.0. The van der Waals surface area contributed by atoms with E-state index >= 15 is 0 Å². The predicted octanol–water partition coefficient (Wildman–Crippen LogP) is 3.94. The van der Waals surface area contributed by atoms with Crippen LogP contribution in [0.4, 0.5) is 4.39 Å². The third kappa shape index (κ3) is 4.05. The highest BCUT2D eigenvalue weighted by molar-refractivity contribution is 9.10. The summed E-state index contributed by atoms with van der Waals surface area (Å²) in [5, 5.41) is 8.94. The highest BCUT2D eigenvalue weighted by atomic mass is 79.9. The highest BCUT2D eigenvalue weighted by Crippen LogP contribution is 2.27. The summed E-state index contributed by atoms with van der Waals surface area (Å²) in [5.41, 5.74) is 0.153. The van der Waals surface area contributed by atoms with Gasteiger partial charge >= 0.3 is 5.97 Å². The molecular weight excluding hydrogens is 379 g/mol. The van der Waals surface area contributed by atoms with Gasteiger partial charge in [-0.1, -0.05) is 27.5 Å². The number of carboxylic acid groups (broad SMARTS) is 1. The Balaban J connectivity index is 2.43. The van der Waals surface area contributed by atoms with Crippen LogP contribution in [0.15, 0.2) is 40.9 Å². The second-order valence-electron chi connectivity index (χ2n) is 4.31. The minimum atomic E-state index is -1.18. The van der Waals surface area contributed by atoms with Crippen LogP contribution in [0.1, 0.15) is 15.9 Å². The van der Waals surface area contributed by atoms with E-state index in [0.717, 1.165) is 6.07 Å². The Morgan fingerprint density at radius 2 is 1.95 bits per heavy atom. The van der Waals surface area contributed by atoms with Crippen molar-refractivity contribution in [1.29, 1.82) is 0 Å². The monoisotopic (exact) mass is 386 g/mol. The molecule has 0 unspecified atom stereocenters. The Morgan fingerprint density at radius 3 is 2.59 bits per heavy atom. The largest absolute Gasteiger partial charge is 0.481 e. The van der Waals surface area contributed by atoms with Crippen LogP contribution in [0, 0.1) is 5.82 Å². The molecule has 0 radical (unpaired) electrons. The van der Waals surface area contributed by atoms with Crippen LogP contribution in [0.3, 0.4) is 0 Å². The lowest BCUT2D eigenvalue weighted by Gasteiger charge is -2.10. The molecule has 114 valence electrons. The lowest BCUT2D eigenvalue weighted by atomic mass is 10.0. The fourth-order valence-corrected chi connectivity index (χ4v) is 2.42. The maximum absolute atomic E-state index is 13.4. The number of carbonyl (C=O) groups excluding carboxylic acids is 1. The molecule has 4 nitrogen and oxygen atoms in total. The topological polar surface area (TPSA) is 63.6 Å². The number of carbonyl (C=O) groups is 2. The fraction of sp³-hybridized carbons (Fsp3) is 0.0667. The molecule has 2 aromatic carbocycles. The summed E-state index contributed by atoms with van der Waals surface area (Å²) >= 11 is 8.98. The van der Waals surface area contributed by atoms with E-state index in [4.69, 9.17) is 21.4 Å². The van der Waals surface area contributed by atoms with Crippen LogP contribution >= 0.6 is 27.5 Å². The Morgan fingerprint density at radius 1 is 1.23 bits per heavy atom. The molecule has 0 heterocycles. The van der Waals surface area contributed by atoms with Gasteiger partial charge in [-0.05, 0) is 36.4 Å². The molecule has 0 saturated carbocycles. The number of halogens is 3. The van der Waals surface area contributed by atoms with E-state index in [1.165, 1.54) is 30.3 Å². The first-order chi connectivity index (χ1) is 10.4. The molecule has 0 amide bonds. The first-order valence-electron chi connectivity index (χ1n) is 6.02. The molecule has 0 saturated heterocycles. The average Bonchev–Trinajstić information content (AvgIpc) is 2.44. The average molecular weight is 388 g/mol. The van der Waals surface area contributed by atoms with Crippen molar-refractivity contribution >= 4 is 39.3 Å². The minimum absolute atomic E-state index is 0.0613. The second kappa shape index (κ2) is 6.89. The Hall–Kier alpha value is -1.92. The molecule has 7 heteroatoms. The zero-order valence-corrected chi connectivity index (χ0v) is 13.3. The normalized spacial score (nSPS) is 10.3. The van der Waals surface area contributed by atoms with Gasteiger partial charge in [-0.3, -0.25) is 4.79 Å². The van der Waals surface area contributed by atoms with E-state index in [9.17, 15) is 14.0 Å². The number of ketones is 1. The molecule has 0 aliphatic rings. The highest BCUT2D eigenvalue weighted by Gasteiger charge is 2.17.